The van der Waals surface area contributed by atoms with Crippen LogP contribution in [-0.4, -0.2) is 56.0 Å². The van der Waals surface area contributed by atoms with Gasteiger partial charge in [-0.25, -0.2) is 0 Å². The zero-order valence-corrected chi connectivity index (χ0v) is 17.2. The third-order valence-corrected chi connectivity index (χ3v) is 6.04. The topological polar surface area (TPSA) is 73.1 Å². The Morgan fingerprint density at radius 1 is 1.41 bits per heavy atom. The first-order valence-electron chi connectivity index (χ1n) is 9.45. The Balaban J connectivity index is 1.80. The van der Waals surface area contributed by atoms with E-state index < -0.39 is 0 Å². The highest BCUT2D eigenvalue weighted by molar-refractivity contribution is 8.00. The number of rotatable bonds is 6. The lowest BCUT2D eigenvalue weighted by atomic mass is 10.00. The Morgan fingerprint density at radius 3 is 2.96 bits per heavy atom. The van der Waals surface area contributed by atoms with Gasteiger partial charge in [0.15, 0.2) is 0 Å². The van der Waals surface area contributed by atoms with E-state index in [9.17, 15) is 4.79 Å². The molecule has 1 aromatic heterocycles. The van der Waals surface area contributed by atoms with Gasteiger partial charge in [-0.1, -0.05) is 24.8 Å². The smallest absolute Gasteiger partial charge is 0.236 e. The third-order valence-electron chi connectivity index (χ3n) is 5.01. The Hall–Kier alpha value is -2.09. The summed E-state index contributed by atoms with van der Waals surface area (Å²) in [5.74, 6) is 0.855. The molecule has 2 atom stereocenters. The summed E-state index contributed by atoms with van der Waals surface area (Å²) >= 11 is 1.39. The molecule has 2 aromatic rings. The number of carbonyl (C=O) groups is 1. The Morgan fingerprint density at radius 2 is 2.22 bits per heavy atom. The van der Waals surface area contributed by atoms with Gasteiger partial charge < -0.3 is 9.64 Å². The zero-order valence-electron chi connectivity index (χ0n) is 16.4. The predicted molar refractivity (Wildman–Crippen MR) is 105 cm³/mol. The number of aromatic nitrogens is 4. The molecule has 1 fully saturated rings. The molecule has 0 radical (unpaired) electrons. The van der Waals surface area contributed by atoms with Crippen LogP contribution in [0, 0.1) is 6.92 Å². The number of nitrogens with zero attached hydrogens (tertiary/aromatic N) is 5. The van der Waals surface area contributed by atoms with E-state index in [4.69, 9.17) is 4.74 Å². The maximum atomic E-state index is 13.0. The van der Waals surface area contributed by atoms with Crippen molar-refractivity contribution in [3.05, 3.63) is 23.8 Å². The minimum Gasteiger partial charge on any atom is -0.494 e. The summed E-state index contributed by atoms with van der Waals surface area (Å²) in [5, 5.41) is 12.4. The van der Waals surface area contributed by atoms with Crippen LogP contribution < -0.4 is 4.74 Å². The van der Waals surface area contributed by atoms with E-state index >= 15 is 0 Å². The van der Waals surface area contributed by atoms with Crippen molar-refractivity contribution < 1.29 is 9.53 Å². The Bertz CT molecular complexity index is 794. The highest BCUT2D eigenvalue weighted by Gasteiger charge is 2.30. The minimum absolute atomic E-state index is 0.164. The van der Waals surface area contributed by atoms with Crippen molar-refractivity contribution >= 4 is 17.7 Å². The monoisotopic (exact) mass is 389 g/mol. The van der Waals surface area contributed by atoms with Gasteiger partial charge in [-0.2, -0.15) is 4.68 Å². The van der Waals surface area contributed by atoms with Crippen molar-refractivity contribution in [3.63, 3.8) is 0 Å². The van der Waals surface area contributed by atoms with Crippen molar-refractivity contribution in [3.8, 4) is 11.4 Å². The lowest BCUT2D eigenvalue weighted by molar-refractivity contribution is -0.134. The second-order valence-corrected chi connectivity index (χ2v) is 8.21. The number of thioether (sulfide) groups is 1. The van der Waals surface area contributed by atoms with Crippen LogP contribution in [-0.2, 0) is 4.79 Å². The fourth-order valence-electron chi connectivity index (χ4n) is 3.53. The van der Waals surface area contributed by atoms with Crippen LogP contribution in [0.2, 0.25) is 0 Å². The number of likely N-dealkylation sites (tertiary alicyclic amines) is 1. The van der Waals surface area contributed by atoms with Gasteiger partial charge in [0.2, 0.25) is 11.1 Å². The van der Waals surface area contributed by atoms with Gasteiger partial charge in [0, 0.05) is 12.6 Å². The molecule has 1 amide bonds. The number of aryl methyl sites for hydroxylation is 1. The first kappa shape index (κ1) is 19.7. The van der Waals surface area contributed by atoms with E-state index in [-0.39, 0.29) is 11.2 Å². The molecule has 0 aliphatic carbocycles. The SMILES string of the molecule is CC[C@@H]1CCCCN1C(=O)[C@H](C)Sc1nnnn1-c1cc(C)ccc1OC. The average Bonchev–Trinajstić information content (AvgIpc) is 3.15. The van der Waals surface area contributed by atoms with Gasteiger partial charge in [-0.05, 0) is 67.7 Å². The number of tetrazole rings is 1. The van der Waals surface area contributed by atoms with Crippen LogP contribution in [0.3, 0.4) is 0 Å². The number of hydrogen-bond donors (Lipinski definition) is 0. The van der Waals surface area contributed by atoms with Gasteiger partial charge >= 0.3 is 0 Å². The van der Waals surface area contributed by atoms with Crippen molar-refractivity contribution in [1.82, 2.24) is 25.1 Å². The predicted octanol–water partition coefficient (Wildman–Crippen LogP) is 3.25. The van der Waals surface area contributed by atoms with E-state index in [1.165, 1.54) is 18.2 Å². The third kappa shape index (κ3) is 4.26. The number of amides is 1. The molecule has 1 aliphatic heterocycles. The maximum Gasteiger partial charge on any atom is 0.236 e. The van der Waals surface area contributed by atoms with Crippen molar-refractivity contribution in [1.29, 1.82) is 0 Å². The summed E-state index contributed by atoms with van der Waals surface area (Å²) in [4.78, 5) is 15.1. The summed E-state index contributed by atoms with van der Waals surface area (Å²) in [6.07, 6.45) is 4.38. The van der Waals surface area contributed by atoms with Gasteiger partial charge in [0.05, 0.1) is 12.4 Å². The zero-order chi connectivity index (χ0) is 19.4. The molecule has 1 aliphatic rings. The molecular weight excluding hydrogens is 362 g/mol. The first-order chi connectivity index (χ1) is 13.0. The summed E-state index contributed by atoms with van der Waals surface area (Å²) in [5.41, 5.74) is 1.86. The lowest BCUT2D eigenvalue weighted by Gasteiger charge is -2.36. The molecule has 3 rings (SSSR count). The number of ether oxygens (including phenoxy) is 1. The minimum atomic E-state index is -0.252. The lowest BCUT2D eigenvalue weighted by Crippen LogP contribution is -2.46. The molecule has 0 bridgehead atoms. The fourth-order valence-corrected chi connectivity index (χ4v) is 4.40. The number of carbonyl (C=O) groups excluding carboxylic acids is 1. The highest BCUT2D eigenvalue weighted by atomic mass is 32.2. The van der Waals surface area contributed by atoms with Gasteiger partial charge in [-0.15, -0.1) is 5.10 Å². The summed E-state index contributed by atoms with van der Waals surface area (Å²) in [6, 6.07) is 6.20. The van der Waals surface area contributed by atoms with Gasteiger partial charge in [0.25, 0.3) is 0 Å². The van der Waals surface area contributed by atoms with Crippen LogP contribution in [0.5, 0.6) is 5.75 Å². The van der Waals surface area contributed by atoms with Gasteiger partial charge in [-0.3, -0.25) is 4.79 Å². The second kappa shape index (κ2) is 8.73. The summed E-state index contributed by atoms with van der Waals surface area (Å²) in [6.45, 7) is 6.94. The van der Waals surface area contributed by atoms with E-state index in [0.29, 0.717) is 16.9 Å². The molecule has 0 saturated carbocycles. The molecule has 7 nitrogen and oxygen atoms in total. The fraction of sp³-hybridized carbons (Fsp3) is 0.579. The van der Waals surface area contributed by atoms with Gasteiger partial charge in [0.1, 0.15) is 11.4 Å². The molecule has 2 heterocycles. The van der Waals surface area contributed by atoms with Crippen LogP contribution in [0.25, 0.3) is 5.69 Å². The van der Waals surface area contributed by atoms with Crippen LogP contribution in [0.1, 0.15) is 45.1 Å². The Labute approximate surface area is 164 Å². The van der Waals surface area contributed by atoms with Crippen molar-refractivity contribution in [2.24, 2.45) is 0 Å². The number of benzene rings is 1. The quantitative estimate of drug-likeness (QED) is 0.706. The normalized spacial score (nSPS) is 18.4. The molecule has 1 saturated heterocycles. The standard InChI is InChI=1S/C19H27N5O2S/c1-5-15-8-6-7-11-23(15)18(25)14(3)27-19-20-21-22-24(19)16-12-13(2)9-10-17(16)26-4/h9-10,12,14-15H,5-8,11H2,1-4H3/t14-,15+/m0/s1. The molecule has 0 spiro atoms. The number of methoxy groups -OCH3 is 1. The summed E-state index contributed by atoms with van der Waals surface area (Å²) < 4.78 is 7.10. The molecule has 1 aromatic carbocycles. The largest absolute Gasteiger partial charge is 0.494 e. The highest BCUT2D eigenvalue weighted by Crippen LogP contribution is 2.30. The van der Waals surface area contributed by atoms with E-state index in [1.54, 1.807) is 11.8 Å². The average molecular weight is 390 g/mol. The molecule has 0 N–H and O–H groups in total. The van der Waals surface area contributed by atoms with E-state index in [1.807, 2.05) is 36.9 Å². The molecule has 146 valence electrons. The van der Waals surface area contributed by atoms with Crippen LogP contribution >= 0.6 is 11.8 Å². The molecule has 0 unspecified atom stereocenters. The second-order valence-electron chi connectivity index (χ2n) is 6.90. The van der Waals surface area contributed by atoms with Crippen LogP contribution in [0.4, 0.5) is 0 Å². The number of hydrogen-bond acceptors (Lipinski definition) is 6. The molecule has 27 heavy (non-hydrogen) atoms. The number of piperidine rings is 1. The van der Waals surface area contributed by atoms with E-state index in [2.05, 4.69) is 22.4 Å². The molecular formula is C19H27N5O2S. The maximum absolute atomic E-state index is 13.0. The summed E-state index contributed by atoms with van der Waals surface area (Å²) in [7, 11) is 1.62. The van der Waals surface area contributed by atoms with Crippen molar-refractivity contribution in [2.75, 3.05) is 13.7 Å². The Kier molecular flexibility index (Phi) is 6.36. The molecule has 8 heteroatoms. The van der Waals surface area contributed by atoms with Crippen LogP contribution in [0.15, 0.2) is 23.4 Å². The van der Waals surface area contributed by atoms with E-state index in [0.717, 1.165) is 37.1 Å². The van der Waals surface area contributed by atoms with Crippen molar-refractivity contribution in [2.45, 2.75) is 62.9 Å². The first-order valence-corrected chi connectivity index (χ1v) is 10.3.